The highest BCUT2D eigenvalue weighted by Gasteiger charge is 2.19. The van der Waals surface area contributed by atoms with Crippen LogP contribution < -0.4 is 15.4 Å². The van der Waals surface area contributed by atoms with Crippen LogP contribution in [-0.2, 0) is 6.42 Å². The number of halogens is 3. The topological polar surface area (TPSA) is 67.4 Å². The molecule has 0 fully saturated rings. The van der Waals surface area contributed by atoms with Crippen LogP contribution in [0.1, 0.15) is 15.9 Å². The van der Waals surface area contributed by atoms with Gasteiger partial charge in [0.15, 0.2) is 0 Å². The molecule has 0 aliphatic heterocycles. The summed E-state index contributed by atoms with van der Waals surface area (Å²) < 4.78 is 32.9. The number of carbonyl (C=O) groups is 2. The second-order valence-corrected chi connectivity index (χ2v) is 6.63. The minimum Gasteiger partial charge on any atom is -0.493 e. The van der Waals surface area contributed by atoms with Crippen molar-refractivity contribution in [1.82, 2.24) is 5.32 Å². The molecular formula is C22H17ClF2N2O3. The van der Waals surface area contributed by atoms with Crippen molar-refractivity contribution in [3.8, 4) is 5.75 Å². The van der Waals surface area contributed by atoms with Gasteiger partial charge in [0.2, 0.25) is 0 Å². The Balaban J connectivity index is 1.51. The van der Waals surface area contributed by atoms with Crippen LogP contribution in [0, 0.1) is 11.6 Å². The van der Waals surface area contributed by atoms with E-state index >= 15 is 0 Å². The van der Waals surface area contributed by atoms with Gasteiger partial charge in [-0.2, -0.15) is 0 Å². The van der Waals surface area contributed by atoms with E-state index in [1.807, 2.05) is 29.6 Å². The Hall–Kier alpha value is -3.45. The fourth-order valence-electron chi connectivity index (χ4n) is 2.66. The maximum absolute atomic E-state index is 13.6. The normalized spacial score (nSPS) is 10.4. The summed E-state index contributed by atoms with van der Waals surface area (Å²) in [6.07, 6.45) is 0.636. The predicted molar refractivity (Wildman–Crippen MR) is 110 cm³/mol. The molecular weight excluding hydrogens is 414 g/mol. The van der Waals surface area contributed by atoms with E-state index in [0.717, 1.165) is 23.8 Å². The highest BCUT2D eigenvalue weighted by Crippen LogP contribution is 2.18. The van der Waals surface area contributed by atoms with Gasteiger partial charge in [-0.15, -0.1) is 0 Å². The number of hydrogen-bond acceptors (Lipinski definition) is 3. The molecule has 5 nitrogen and oxygen atoms in total. The van der Waals surface area contributed by atoms with Crippen molar-refractivity contribution >= 4 is 29.2 Å². The third kappa shape index (κ3) is 5.55. The average Bonchev–Trinajstić information content (AvgIpc) is 2.70. The molecule has 3 aromatic rings. The van der Waals surface area contributed by atoms with Crippen molar-refractivity contribution in [2.24, 2.45) is 0 Å². The maximum Gasteiger partial charge on any atom is 0.326 e. The van der Waals surface area contributed by atoms with E-state index in [2.05, 4.69) is 5.32 Å². The molecule has 0 saturated carbocycles. The molecule has 0 aliphatic carbocycles. The Morgan fingerprint density at radius 3 is 2.23 bits per heavy atom. The highest BCUT2D eigenvalue weighted by atomic mass is 35.5. The van der Waals surface area contributed by atoms with E-state index in [0.29, 0.717) is 29.5 Å². The molecule has 0 radical (unpaired) electrons. The van der Waals surface area contributed by atoms with E-state index in [4.69, 9.17) is 16.3 Å². The maximum atomic E-state index is 13.6. The van der Waals surface area contributed by atoms with Crippen LogP contribution in [0.5, 0.6) is 5.75 Å². The lowest BCUT2D eigenvalue weighted by atomic mass is 10.2. The van der Waals surface area contributed by atoms with Crippen molar-refractivity contribution in [3.05, 3.63) is 94.5 Å². The minimum atomic E-state index is -1.18. The van der Waals surface area contributed by atoms with E-state index in [9.17, 15) is 18.4 Å². The number of amides is 3. The Kier molecular flexibility index (Phi) is 6.98. The van der Waals surface area contributed by atoms with Crippen molar-refractivity contribution in [2.45, 2.75) is 6.42 Å². The molecule has 3 rings (SSSR count). The van der Waals surface area contributed by atoms with Crippen LogP contribution in [0.2, 0.25) is 5.02 Å². The van der Waals surface area contributed by atoms with Crippen LogP contribution in [-0.4, -0.2) is 18.5 Å². The Morgan fingerprint density at radius 1 is 0.900 bits per heavy atom. The summed E-state index contributed by atoms with van der Waals surface area (Å²) in [5, 5.41) is 4.97. The van der Waals surface area contributed by atoms with E-state index in [-0.39, 0.29) is 0 Å². The molecule has 0 spiro atoms. The van der Waals surface area contributed by atoms with Crippen molar-refractivity contribution in [2.75, 3.05) is 11.9 Å². The standard InChI is InChI=1S/C22H17ClF2N2O3/c23-17-5-2-1-4-14(17)12-13-30-16-10-8-15(9-11-16)26-22(29)27-21(28)20-18(24)6-3-7-19(20)25/h1-11H,12-13H2,(H2,26,27,28,29). The summed E-state index contributed by atoms with van der Waals surface area (Å²) in [7, 11) is 0. The second-order valence-electron chi connectivity index (χ2n) is 6.22. The number of benzene rings is 3. The van der Waals surface area contributed by atoms with Crippen molar-refractivity contribution in [3.63, 3.8) is 0 Å². The van der Waals surface area contributed by atoms with Crippen LogP contribution in [0.4, 0.5) is 19.3 Å². The first-order valence-corrected chi connectivity index (χ1v) is 9.34. The number of imide groups is 1. The zero-order valence-corrected chi connectivity index (χ0v) is 16.4. The number of hydrogen-bond donors (Lipinski definition) is 2. The highest BCUT2D eigenvalue weighted by molar-refractivity contribution is 6.31. The van der Waals surface area contributed by atoms with Gasteiger partial charge < -0.3 is 10.1 Å². The zero-order chi connectivity index (χ0) is 21.5. The zero-order valence-electron chi connectivity index (χ0n) is 15.6. The molecule has 3 amide bonds. The second kappa shape index (κ2) is 9.84. The quantitative estimate of drug-likeness (QED) is 0.564. The Labute approximate surface area is 176 Å². The fourth-order valence-corrected chi connectivity index (χ4v) is 2.89. The number of ether oxygens (including phenoxy) is 1. The lowest BCUT2D eigenvalue weighted by molar-refractivity contribution is 0.0959. The molecule has 0 bridgehead atoms. The van der Waals surface area contributed by atoms with E-state index < -0.39 is 29.1 Å². The van der Waals surface area contributed by atoms with Crippen LogP contribution >= 0.6 is 11.6 Å². The molecule has 3 aromatic carbocycles. The summed E-state index contributed by atoms with van der Waals surface area (Å²) in [5.41, 5.74) is 0.521. The molecule has 0 heterocycles. The Bertz CT molecular complexity index is 1040. The van der Waals surface area contributed by atoms with Gasteiger partial charge in [-0.25, -0.2) is 13.6 Å². The first kappa shape index (κ1) is 21.3. The SMILES string of the molecule is O=C(NC(=O)c1c(F)cccc1F)Nc1ccc(OCCc2ccccc2Cl)cc1. The smallest absolute Gasteiger partial charge is 0.326 e. The largest absolute Gasteiger partial charge is 0.493 e. The summed E-state index contributed by atoms with van der Waals surface area (Å²) in [6, 6.07) is 16.0. The van der Waals surface area contributed by atoms with E-state index in [1.165, 1.54) is 0 Å². The molecule has 0 aromatic heterocycles. The van der Waals surface area contributed by atoms with Gasteiger partial charge in [0.25, 0.3) is 5.91 Å². The van der Waals surface area contributed by atoms with Gasteiger partial charge in [0, 0.05) is 17.1 Å². The van der Waals surface area contributed by atoms with Gasteiger partial charge in [-0.1, -0.05) is 35.9 Å². The molecule has 2 N–H and O–H groups in total. The van der Waals surface area contributed by atoms with Crippen LogP contribution in [0.25, 0.3) is 0 Å². The number of urea groups is 1. The summed E-state index contributed by atoms with van der Waals surface area (Å²) in [4.78, 5) is 23.9. The van der Waals surface area contributed by atoms with Gasteiger partial charge in [-0.05, 0) is 48.0 Å². The fraction of sp³-hybridized carbons (Fsp3) is 0.0909. The van der Waals surface area contributed by atoms with Gasteiger partial charge in [0.05, 0.1) is 6.61 Å². The molecule has 8 heteroatoms. The number of carbonyl (C=O) groups excluding carboxylic acids is 2. The van der Waals surface area contributed by atoms with Crippen LogP contribution in [0.3, 0.4) is 0 Å². The number of rotatable bonds is 6. The van der Waals surface area contributed by atoms with Gasteiger partial charge in [-0.3, -0.25) is 10.1 Å². The monoisotopic (exact) mass is 430 g/mol. The molecule has 0 aliphatic rings. The summed E-state index contributed by atoms with van der Waals surface area (Å²) in [5.74, 6) is -2.71. The summed E-state index contributed by atoms with van der Waals surface area (Å²) in [6.45, 7) is 0.416. The van der Waals surface area contributed by atoms with Crippen molar-refractivity contribution < 1.29 is 23.1 Å². The predicted octanol–water partition coefficient (Wildman–Crippen LogP) is 5.20. The molecule has 30 heavy (non-hydrogen) atoms. The van der Waals surface area contributed by atoms with Crippen LogP contribution in [0.15, 0.2) is 66.7 Å². The first-order valence-electron chi connectivity index (χ1n) is 8.96. The minimum absolute atomic E-state index is 0.368. The van der Waals surface area contributed by atoms with E-state index in [1.54, 1.807) is 24.3 Å². The van der Waals surface area contributed by atoms with Gasteiger partial charge in [0.1, 0.15) is 22.9 Å². The Morgan fingerprint density at radius 2 is 1.57 bits per heavy atom. The van der Waals surface area contributed by atoms with Crippen molar-refractivity contribution in [1.29, 1.82) is 0 Å². The molecule has 154 valence electrons. The molecule has 0 unspecified atom stereocenters. The van der Waals surface area contributed by atoms with Gasteiger partial charge >= 0.3 is 6.03 Å². The third-order valence-corrected chi connectivity index (χ3v) is 4.50. The third-order valence-electron chi connectivity index (χ3n) is 4.13. The summed E-state index contributed by atoms with van der Waals surface area (Å²) >= 11 is 6.10. The number of nitrogens with one attached hydrogen (secondary N) is 2. The number of anilines is 1. The lowest BCUT2D eigenvalue weighted by Crippen LogP contribution is -2.35. The first-order chi connectivity index (χ1) is 14.4. The molecule has 0 saturated heterocycles. The lowest BCUT2D eigenvalue weighted by Gasteiger charge is -2.10. The average molecular weight is 431 g/mol. The molecule has 0 atom stereocenters.